The Kier molecular flexibility index (Phi) is 6.29. The van der Waals surface area contributed by atoms with Gasteiger partial charge >= 0.3 is 0 Å². The number of halogens is 2. The Balaban J connectivity index is 1.26. The molecule has 188 valence electrons. The quantitative estimate of drug-likeness (QED) is 0.652. The molecule has 3 aliphatic rings. The van der Waals surface area contributed by atoms with E-state index in [1.54, 1.807) is 6.07 Å². The van der Waals surface area contributed by atoms with Gasteiger partial charge in [-0.1, -0.05) is 6.92 Å². The second-order valence-electron chi connectivity index (χ2n) is 10.2. The van der Waals surface area contributed by atoms with Crippen LogP contribution in [0.2, 0.25) is 0 Å². The predicted molar refractivity (Wildman–Crippen MR) is 127 cm³/mol. The molecule has 10 heteroatoms. The van der Waals surface area contributed by atoms with Crippen LogP contribution < -0.4 is 10.2 Å². The zero-order chi connectivity index (χ0) is 24.8. The average molecular weight is 505 g/mol. The Hall–Kier alpha value is -2.59. The van der Waals surface area contributed by atoms with E-state index in [1.807, 2.05) is 11.8 Å². The van der Waals surface area contributed by atoms with Gasteiger partial charge in [0.2, 0.25) is 15.9 Å². The van der Waals surface area contributed by atoms with Gasteiger partial charge in [0.15, 0.2) is 5.82 Å². The Morgan fingerprint density at radius 2 is 1.83 bits per heavy atom. The summed E-state index contributed by atoms with van der Waals surface area (Å²) in [5, 5.41) is 2.79. The van der Waals surface area contributed by atoms with Crippen molar-refractivity contribution < 1.29 is 22.0 Å². The highest BCUT2D eigenvalue weighted by Crippen LogP contribution is 2.54. The van der Waals surface area contributed by atoms with Crippen molar-refractivity contribution in [3.8, 4) is 0 Å². The molecule has 3 heterocycles. The first kappa shape index (κ1) is 24.1. The maximum Gasteiger partial charge on any atom is 0.243 e. The Labute approximate surface area is 204 Å². The molecule has 1 spiro atoms. The molecule has 1 aliphatic carbocycles. The Morgan fingerprint density at radius 3 is 2.49 bits per heavy atom. The SMILES string of the molecule is C[C@@H]1C[C@@H](C(=O)NCc2cc(N3CCC4(CC3)CC4)c(F)cn2)N(S(=O)(=O)c2ccc(F)cc2)C1. The molecule has 1 aromatic carbocycles. The zero-order valence-corrected chi connectivity index (χ0v) is 20.5. The molecule has 7 nitrogen and oxygen atoms in total. The van der Waals surface area contributed by atoms with Crippen molar-refractivity contribution in [2.45, 2.75) is 56.5 Å². The summed E-state index contributed by atoms with van der Waals surface area (Å²) in [5.41, 5.74) is 1.49. The summed E-state index contributed by atoms with van der Waals surface area (Å²) in [7, 11) is -3.96. The summed E-state index contributed by atoms with van der Waals surface area (Å²) < 4.78 is 55.3. The Morgan fingerprint density at radius 1 is 1.14 bits per heavy atom. The Bertz CT molecular complexity index is 1210. The first-order valence-electron chi connectivity index (χ1n) is 12.1. The maximum absolute atomic E-state index is 14.5. The van der Waals surface area contributed by atoms with Crippen LogP contribution in [0.15, 0.2) is 41.4 Å². The zero-order valence-electron chi connectivity index (χ0n) is 19.7. The van der Waals surface area contributed by atoms with Gasteiger partial charge in [-0.25, -0.2) is 17.2 Å². The van der Waals surface area contributed by atoms with Crippen molar-refractivity contribution in [1.82, 2.24) is 14.6 Å². The summed E-state index contributed by atoms with van der Waals surface area (Å²) in [6.07, 6.45) is 6.23. The second kappa shape index (κ2) is 9.13. The fourth-order valence-corrected chi connectivity index (χ4v) is 6.97. The highest BCUT2D eigenvalue weighted by Gasteiger charge is 2.45. The van der Waals surface area contributed by atoms with Gasteiger partial charge < -0.3 is 10.2 Å². The monoisotopic (exact) mass is 504 g/mol. The smallest absolute Gasteiger partial charge is 0.243 e. The topological polar surface area (TPSA) is 82.6 Å². The first-order chi connectivity index (χ1) is 16.7. The van der Waals surface area contributed by atoms with Gasteiger partial charge in [0, 0.05) is 19.6 Å². The number of hydrogen-bond donors (Lipinski definition) is 1. The van der Waals surface area contributed by atoms with Crippen molar-refractivity contribution in [3.05, 3.63) is 53.9 Å². The van der Waals surface area contributed by atoms with Crippen LogP contribution in [-0.2, 0) is 21.4 Å². The number of carbonyl (C=O) groups is 1. The third kappa shape index (κ3) is 4.91. The molecule has 2 saturated heterocycles. The normalized spacial score (nSPS) is 24.0. The van der Waals surface area contributed by atoms with Gasteiger partial charge in [-0.2, -0.15) is 4.31 Å². The lowest BCUT2D eigenvalue weighted by atomic mass is 9.93. The minimum Gasteiger partial charge on any atom is -0.369 e. The number of aromatic nitrogens is 1. The number of nitrogens with zero attached hydrogens (tertiary/aromatic N) is 3. The third-order valence-electron chi connectivity index (χ3n) is 7.65. The standard InChI is InChI=1S/C25H30F2N4O3S/c1-17-12-23(31(16-17)35(33,34)20-4-2-18(26)3-5-20)24(32)29-14-19-13-22(21(27)15-28-19)30-10-8-25(6-7-25)9-11-30/h2-5,13,15,17,23H,6-12,14,16H2,1H3,(H,29,32)/t17-,23+/m1/s1. The number of benzene rings is 1. The molecule has 35 heavy (non-hydrogen) atoms. The minimum atomic E-state index is -3.96. The maximum atomic E-state index is 14.5. The number of sulfonamides is 1. The number of carbonyl (C=O) groups excluding carboxylic acids is 1. The molecule has 0 unspecified atom stereocenters. The third-order valence-corrected chi connectivity index (χ3v) is 9.53. The number of amides is 1. The first-order valence-corrected chi connectivity index (χ1v) is 13.6. The van der Waals surface area contributed by atoms with Gasteiger partial charge in [-0.05, 0) is 73.8 Å². The van der Waals surface area contributed by atoms with E-state index in [9.17, 15) is 22.0 Å². The van der Waals surface area contributed by atoms with Crippen LogP contribution in [0.5, 0.6) is 0 Å². The van der Waals surface area contributed by atoms with Crippen LogP contribution in [0.1, 0.15) is 44.7 Å². The number of rotatable bonds is 6. The second-order valence-corrected chi connectivity index (χ2v) is 12.1. The summed E-state index contributed by atoms with van der Waals surface area (Å²) in [6.45, 7) is 3.77. The van der Waals surface area contributed by atoms with Gasteiger partial charge in [0.1, 0.15) is 11.9 Å². The van der Waals surface area contributed by atoms with Crippen LogP contribution in [-0.4, -0.2) is 49.3 Å². The van der Waals surface area contributed by atoms with E-state index in [4.69, 9.17) is 0 Å². The number of nitrogens with one attached hydrogen (secondary N) is 1. The van der Waals surface area contributed by atoms with E-state index in [-0.39, 0.29) is 29.7 Å². The number of pyridine rings is 1. The fourth-order valence-electron chi connectivity index (χ4n) is 5.26. The van der Waals surface area contributed by atoms with E-state index >= 15 is 0 Å². The van der Waals surface area contributed by atoms with Crippen LogP contribution in [0.25, 0.3) is 0 Å². The molecule has 2 atom stereocenters. The molecule has 1 amide bonds. The molecule has 1 N–H and O–H groups in total. The van der Waals surface area contributed by atoms with Crippen LogP contribution in [0.4, 0.5) is 14.5 Å². The van der Waals surface area contributed by atoms with E-state index in [1.165, 1.54) is 35.5 Å². The molecule has 2 aliphatic heterocycles. The van der Waals surface area contributed by atoms with E-state index in [0.29, 0.717) is 23.2 Å². The number of piperidine rings is 1. The summed E-state index contributed by atoms with van der Waals surface area (Å²) >= 11 is 0. The molecule has 1 aromatic heterocycles. The lowest BCUT2D eigenvalue weighted by Crippen LogP contribution is -2.45. The molecule has 0 bridgehead atoms. The predicted octanol–water partition coefficient (Wildman–Crippen LogP) is 3.46. The highest BCUT2D eigenvalue weighted by atomic mass is 32.2. The number of hydrogen-bond acceptors (Lipinski definition) is 5. The van der Waals surface area contributed by atoms with E-state index < -0.39 is 27.8 Å². The van der Waals surface area contributed by atoms with Gasteiger partial charge in [-0.3, -0.25) is 9.78 Å². The average Bonchev–Trinajstić information content (AvgIpc) is 3.47. The van der Waals surface area contributed by atoms with E-state index in [2.05, 4.69) is 10.3 Å². The summed E-state index contributed by atoms with van der Waals surface area (Å²) in [6, 6.07) is 5.39. The molecule has 1 saturated carbocycles. The fraction of sp³-hybridized carbons (Fsp3) is 0.520. The molecule has 5 rings (SSSR count). The van der Waals surface area contributed by atoms with Crippen LogP contribution in [0.3, 0.4) is 0 Å². The van der Waals surface area contributed by atoms with Crippen molar-refractivity contribution in [2.24, 2.45) is 11.3 Å². The molecule has 0 radical (unpaired) electrons. The van der Waals surface area contributed by atoms with Gasteiger partial charge in [0.05, 0.1) is 29.0 Å². The van der Waals surface area contributed by atoms with Crippen LogP contribution >= 0.6 is 0 Å². The van der Waals surface area contributed by atoms with Crippen molar-refractivity contribution in [1.29, 1.82) is 0 Å². The lowest BCUT2D eigenvalue weighted by molar-refractivity contribution is -0.124. The van der Waals surface area contributed by atoms with E-state index in [0.717, 1.165) is 38.1 Å². The van der Waals surface area contributed by atoms with Gasteiger partial charge in [-0.15, -0.1) is 0 Å². The molecule has 2 aromatic rings. The van der Waals surface area contributed by atoms with Crippen molar-refractivity contribution >= 4 is 21.6 Å². The lowest BCUT2D eigenvalue weighted by Gasteiger charge is -2.34. The largest absolute Gasteiger partial charge is 0.369 e. The van der Waals surface area contributed by atoms with Gasteiger partial charge in [0.25, 0.3) is 0 Å². The van der Waals surface area contributed by atoms with Crippen molar-refractivity contribution in [2.75, 3.05) is 24.5 Å². The summed E-state index contributed by atoms with van der Waals surface area (Å²) in [4.78, 5) is 19.2. The summed E-state index contributed by atoms with van der Waals surface area (Å²) in [5.74, 6) is -1.35. The van der Waals surface area contributed by atoms with Crippen molar-refractivity contribution in [3.63, 3.8) is 0 Å². The minimum absolute atomic E-state index is 0.00890. The number of anilines is 1. The van der Waals surface area contributed by atoms with Crippen LogP contribution in [0, 0.1) is 23.0 Å². The highest BCUT2D eigenvalue weighted by molar-refractivity contribution is 7.89. The molecular formula is C25H30F2N4O3S. The molecular weight excluding hydrogens is 474 g/mol. The molecule has 3 fully saturated rings.